The fourth-order valence-corrected chi connectivity index (χ4v) is 12.8. The van der Waals surface area contributed by atoms with Crippen molar-refractivity contribution in [3.63, 3.8) is 0 Å². The number of halogens is 3. The van der Waals surface area contributed by atoms with Crippen LogP contribution in [0.1, 0.15) is 0 Å². The summed E-state index contributed by atoms with van der Waals surface area (Å²) in [5.74, 6) is -0.925. The van der Waals surface area contributed by atoms with E-state index in [2.05, 4.69) is 3.86 Å². The molecule has 0 spiro atoms. The van der Waals surface area contributed by atoms with Gasteiger partial charge in [-0.1, -0.05) is 0 Å². The van der Waals surface area contributed by atoms with E-state index < -0.39 is 13.5 Å². The van der Waals surface area contributed by atoms with Crippen LogP contribution in [-0.4, -0.2) is 31.4 Å². The summed E-state index contributed by atoms with van der Waals surface area (Å²) in [7, 11) is 3.94. The first-order valence-corrected chi connectivity index (χ1v) is 12.0. The van der Waals surface area contributed by atoms with Gasteiger partial charge in [-0.15, -0.1) is 0 Å². The molecule has 0 saturated heterocycles. The molecule has 3 rings (SSSR count). The molecule has 0 saturated carbocycles. The fourth-order valence-electron chi connectivity index (χ4n) is 3.35. The Labute approximate surface area is 148 Å². The Bertz CT molecular complexity index is 733. The van der Waals surface area contributed by atoms with Crippen LogP contribution in [0.4, 0.5) is 13.2 Å². The van der Waals surface area contributed by atoms with Gasteiger partial charge in [-0.2, -0.15) is 0 Å². The van der Waals surface area contributed by atoms with E-state index in [9.17, 15) is 13.2 Å². The molecule has 25 heavy (non-hydrogen) atoms. The molecular formula is C20H18F3GeN. The number of benzene rings is 3. The summed E-state index contributed by atoms with van der Waals surface area (Å²) in [5.41, 5.74) is 0. The van der Waals surface area contributed by atoms with E-state index in [1.54, 1.807) is 36.4 Å². The quantitative estimate of drug-likeness (QED) is 0.607. The summed E-state index contributed by atoms with van der Waals surface area (Å²) < 4.78 is 45.6. The zero-order valence-electron chi connectivity index (χ0n) is 14.0. The Kier molecular flexibility index (Phi) is 5.02. The maximum atomic E-state index is 13.5. The second-order valence-corrected chi connectivity index (χ2v) is 14.6. The number of hydrogen-bond donors (Lipinski definition) is 0. The van der Waals surface area contributed by atoms with Gasteiger partial charge in [0.15, 0.2) is 0 Å². The molecule has 5 heteroatoms. The van der Waals surface area contributed by atoms with E-state index in [-0.39, 0.29) is 17.5 Å². The Balaban J connectivity index is 2.33. The SMILES string of the molecule is C[N](C)[Ge]([c]1ccc(F)cc1)([c]1ccc(F)cc1)[c]1ccc(F)cc1. The summed E-state index contributed by atoms with van der Waals surface area (Å²) in [6, 6.07) is 19.3. The number of hydrogen-bond acceptors (Lipinski definition) is 1. The number of nitrogens with zero attached hydrogens (tertiary/aromatic N) is 1. The van der Waals surface area contributed by atoms with Crippen LogP contribution in [-0.2, 0) is 0 Å². The van der Waals surface area contributed by atoms with Crippen LogP contribution in [0.25, 0.3) is 0 Å². The van der Waals surface area contributed by atoms with E-state index in [0.29, 0.717) is 0 Å². The third-order valence-electron chi connectivity index (χ3n) is 4.46. The van der Waals surface area contributed by atoms with Crippen molar-refractivity contribution in [3.8, 4) is 0 Å². The van der Waals surface area contributed by atoms with E-state index in [0.717, 1.165) is 13.2 Å². The Hall–Kier alpha value is -2.05. The van der Waals surface area contributed by atoms with Gasteiger partial charge in [0.05, 0.1) is 0 Å². The van der Waals surface area contributed by atoms with Crippen molar-refractivity contribution in [3.05, 3.63) is 90.2 Å². The molecule has 0 aliphatic carbocycles. The molecule has 0 aromatic heterocycles. The maximum absolute atomic E-state index is 13.5. The van der Waals surface area contributed by atoms with Crippen molar-refractivity contribution in [2.75, 3.05) is 14.1 Å². The van der Waals surface area contributed by atoms with Crippen LogP contribution in [0.2, 0.25) is 0 Å². The van der Waals surface area contributed by atoms with Crippen molar-refractivity contribution in [2.24, 2.45) is 0 Å². The van der Waals surface area contributed by atoms with Gasteiger partial charge in [-0.05, 0) is 0 Å². The van der Waals surface area contributed by atoms with Gasteiger partial charge < -0.3 is 0 Å². The van der Waals surface area contributed by atoms with Gasteiger partial charge in [0.1, 0.15) is 0 Å². The zero-order chi connectivity index (χ0) is 18.0. The molecule has 128 valence electrons. The van der Waals surface area contributed by atoms with Gasteiger partial charge >= 0.3 is 148 Å². The molecule has 0 aliphatic rings. The second-order valence-electron chi connectivity index (χ2n) is 6.13. The summed E-state index contributed by atoms with van der Waals surface area (Å²) in [6.45, 7) is 0. The van der Waals surface area contributed by atoms with Crippen LogP contribution in [0.5, 0.6) is 0 Å². The van der Waals surface area contributed by atoms with Gasteiger partial charge in [-0.3, -0.25) is 0 Å². The summed E-state index contributed by atoms with van der Waals surface area (Å²) in [6.07, 6.45) is 0. The fraction of sp³-hybridized carbons (Fsp3) is 0.100. The van der Waals surface area contributed by atoms with Crippen LogP contribution in [0.15, 0.2) is 72.8 Å². The van der Waals surface area contributed by atoms with Crippen molar-refractivity contribution < 1.29 is 13.2 Å². The standard InChI is InChI=1S/C20H18F3GeN/c1-25(2)24(18-9-3-15(21)4-10-18,19-11-5-16(22)6-12-19)20-13-7-17(23)8-14-20/h3-14H,1-2H3. The van der Waals surface area contributed by atoms with Crippen LogP contribution >= 0.6 is 0 Å². The first-order valence-electron chi connectivity index (χ1n) is 7.90. The van der Waals surface area contributed by atoms with Crippen molar-refractivity contribution in [1.29, 1.82) is 0 Å². The van der Waals surface area contributed by atoms with Crippen molar-refractivity contribution in [2.45, 2.75) is 0 Å². The van der Waals surface area contributed by atoms with Gasteiger partial charge in [0, 0.05) is 0 Å². The molecule has 0 heterocycles. The normalized spacial score (nSPS) is 11.8. The molecule has 0 aliphatic heterocycles. The minimum absolute atomic E-state index is 0.308. The van der Waals surface area contributed by atoms with E-state index in [1.807, 2.05) is 14.1 Å². The minimum atomic E-state index is -3.41. The molecule has 0 atom stereocenters. The van der Waals surface area contributed by atoms with Gasteiger partial charge in [0.2, 0.25) is 0 Å². The van der Waals surface area contributed by atoms with E-state index in [1.165, 1.54) is 36.4 Å². The van der Waals surface area contributed by atoms with Crippen LogP contribution < -0.4 is 13.2 Å². The van der Waals surface area contributed by atoms with Crippen LogP contribution in [0, 0.1) is 17.5 Å². The third-order valence-corrected chi connectivity index (χ3v) is 14.6. The van der Waals surface area contributed by atoms with E-state index in [4.69, 9.17) is 0 Å². The molecule has 0 bridgehead atoms. The third kappa shape index (κ3) is 3.24. The van der Waals surface area contributed by atoms with Gasteiger partial charge in [0.25, 0.3) is 0 Å². The van der Waals surface area contributed by atoms with Crippen LogP contribution in [0.3, 0.4) is 0 Å². The summed E-state index contributed by atoms with van der Waals surface area (Å²) >= 11 is -3.41. The molecule has 1 nitrogen and oxygen atoms in total. The molecule has 0 unspecified atom stereocenters. The second kappa shape index (κ2) is 7.06. The molecule has 0 fully saturated rings. The summed E-state index contributed by atoms with van der Waals surface area (Å²) in [4.78, 5) is 0. The van der Waals surface area contributed by atoms with E-state index >= 15 is 0 Å². The first-order chi connectivity index (χ1) is 11.9. The van der Waals surface area contributed by atoms with Crippen molar-refractivity contribution >= 4 is 26.7 Å². The van der Waals surface area contributed by atoms with Crippen molar-refractivity contribution in [1.82, 2.24) is 3.86 Å². The average Bonchev–Trinajstić information content (AvgIpc) is 2.60. The molecule has 0 N–H and O–H groups in total. The first kappa shape index (κ1) is 17.8. The average molecular weight is 402 g/mol. The Morgan fingerprint density at radius 1 is 0.520 bits per heavy atom. The molecule has 0 amide bonds. The predicted molar refractivity (Wildman–Crippen MR) is 97.5 cm³/mol. The topological polar surface area (TPSA) is 3.24 Å². The molecule has 0 radical (unpaired) electrons. The Morgan fingerprint density at radius 3 is 0.960 bits per heavy atom. The zero-order valence-corrected chi connectivity index (χ0v) is 16.1. The van der Waals surface area contributed by atoms with Gasteiger partial charge in [-0.25, -0.2) is 0 Å². The molecule has 3 aromatic carbocycles. The molecular weight excluding hydrogens is 384 g/mol. The number of rotatable bonds is 4. The Morgan fingerprint density at radius 2 is 0.760 bits per heavy atom. The molecule has 3 aromatic rings. The predicted octanol–water partition coefficient (Wildman–Crippen LogP) is 2.63. The monoisotopic (exact) mass is 403 g/mol. The summed E-state index contributed by atoms with van der Waals surface area (Å²) in [5, 5.41) is 0.